The fourth-order valence-corrected chi connectivity index (χ4v) is 4.76. The Balaban J connectivity index is 1.52. The molecule has 2 saturated carbocycles. The second-order valence-electron chi connectivity index (χ2n) is 7.54. The summed E-state index contributed by atoms with van der Waals surface area (Å²) in [5.41, 5.74) is -0.728. The van der Waals surface area contributed by atoms with Crippen LogP contribution in [0.3, 0.4) is 0 Å². The van der Waals surface area contributed by atoms with Crippen LogP contribution >= 0.6 is 0 Å². The van der Waals surface area contributed by atoms with Gasteiger partial charge in [0.1, 0.15) is 0 Å². The molecule has 3 amide bonds. The first-order chi connectivity index (χ1) is 11.5. The van der Waals surface area contributed by atoms with Gasteiger partial charge in [-0.2, -0.15) is 0 Å². The number of carboxylic acid groups (broad SMARTS) is 1. The molecular weight excluding hydrogens is 310 g/mol. The number of likely N-dealkylation sites (tertiary alicyclic amines) is 1. The second kappa shape index (κ2) is 6.61. The first-order valence-electron chi connectivity index (χ1n) is 8.96. The van der Waals surface area contributed by atoms with Gasteiger partial charge in [0.05, 0.1) is 5.41 Å². The molecule has 0 aromatic rings. The number of hydrogen-bond donors (Lipinski definition) is 3. The molecule has 1 aliphatic heterocycles. The van der Waals surface area contributed by atoms with Crippen molar-refractivity contribution in [3.8, 4) is 0 Å². The van der Waals surface area contributed by atoms with Crippen molar-refractivity contribution in [1.29, 1.82) is 0 Å². The highest BCUT2D eigenvalue weighted by molar-refractivity contribution is 5.81. The predicted molar refractivity (Wildman–Crippen MR) is 87.3 cm³/mol. The van der Waals surface area contributed by atoms with Gasteiger partial charge in [-0.25, -0.2) is 4.79 Å². The van der Waals surface area contributed by atoms with Gasteiger partial charge in [-0.3, -0.25) is 9.59 Å². The maximum Gasteiger partial charge on any atom is 0.317 e. The molecule has 3 aliphatic rings. The molecule has 1 saturated heterocycles. The topological polar surface area (TPSA) is 98.7 Å². The van der Waals surface area contributed by atoms with Crippen LogP contribution < -0.4 is 10.6 Å². The van der Waals surface area contributed by atoms with Crippen LogP contribution in [0.2, 0.25) is 0 Å². The smallest absolute Gasteiger partial charge is 0.317 e. The van der Waals surface area contributed by atoms with Gasteiger partial charge < -0.3 is 20.6 Å². The minimum atomic E-state index is -0.758. The molecule has 7 nitrogen and oxygen atoms in total. The molecule has 3 N–H and O–H groups in total. The molecule has 0 aromatic carbocycles. The molecule has 3 rings (SSSR count). The Morgan fingerprint density at radius 1 is 1.12 bits per heavy atom. The van der Waals surface area contributed by atoms with Gasteiger partial charge in [0, 0.05) is 32.1 Å². The highest BCUT2D eigenvalue weighted by atomic mass is 16.4. The molecule has 3 fully saturated rings. The molecule has 0 bridgehead atoms. The Bertz CT molecular complexity index is 530. The van der Waals surface area contributed by atoms with Crippen LogP contribution in [0.5, 0.6) is 0 Å². The molecule has 7 heteroatoms. The molecule has 2 atom stereocenters. The van der Waals surface area contributed by atoms with E-state index < -0.39 is 11.4 Å². The van der Waals surface area contributed by atoms with Crippen LogP contribution in [-0.4, -0.2) is 54.1 Å². The number of aliphatic carboxylic acids is 1. The number of hydrogen-bond acceptors (Lipinski definition) is 3. The largest absolute Gasteiger partial charge is 0.481 e. The standard InChI is InChI=1S/C17H27N3O4/c1-18-14(21)11-4-6-13(7-5-11)19-16(24)20-9-12-3-2-8-17(12,10-20)15(22)23/h11-13H,2-10H2,1H3,(H,18,21)(H,19,24)(H,22,23)/t11?,12-,13?,17+/m0/s1. The third-order valence-electron chi connectivity index (χ3n) is 6.26. The summed E-state index contributed by atoms with van der Waals surface area (Å²) in [5, 5.41) is 15.3. The molecule has 2 aliphatic carbocycles. The number of nitrogens with zero attached hydrogens (tertiary/aromatic N) is 1. The molecule has 0 aromatic heterocycles. The van der Waals surface area contributed by atoms with E-state index in [1.54, 1.807) is 11.9 Å². The second-order valence-corrected chi connectivity index (χ2v) is 7.54. The Hall–Kier alpha value is -1.79. The molecule has 0 unspecified atom stereocenters. The van der Waals surface area contributed by atoms with Crippen molar-refractivity contribution in [2.45, 2.75) is 51.0 Å². The first-order valence-corrected chi connectivity index (χ1v) is 8.96. The van der Waals surface area contributed by atoms with Crippen LogP contribution in [0.25, 0.3) is 0 Å². The van der Waals surface area contributed by atoms with Gasteiger partial charge in [0.2, 0.25) is 5.91 Å². The number of amides is 3. The van der Waals surface area contributed by atoms with Crippen LogP contribution in [0, 0.1) is 17.3 Å². The molecule has 0 radical (unpaired) electrons. The van der Waals surface area contributed by atoms with Crippen molar-refractivity contribution in [3.05, 3.63) is 0 Å². The highest BCUT2D eigenvalue weighted by Gasteiger charge is 2.55. The Kier molecular flexibility index (Phi) is 4.69. The van der Waals surface area contributed by atoms with Crippen molar-refractivity contribution < 1.29 is 19.5 Å². The zero-order valence-corrected chi connectivity index (χ0v) is 14.2. The van der Waals surface area contributed by atoms with E-state index >= 15 is 0 Å². The average Bonchev–Trinajstić information content (AvgIpc) is 3.13. The summed E-state index contributed by atoms with van der Waals surface area (Å²) in [7, 11) is 1.65. The van der Waals surface area contributed by atoms with E-state index in [0.29, 0.717) is 19.5 Å². The minimum absolute atomic E-state index is 0.0459. The van der Waals surface area contributed by atoms with Crippen molar-refractivity contribution in [2.75, 3.05) is 20.1 Å². The van der Waals surface area contributed by atoms with Crippen molar-refractivity contribution in [1.82, 2.24) is 15.5 Å². The molecule has 24 heavy (non-hydrogen) atoms. The fraction of sp³-hybridized carbons (Fsp3) is 0.824. The van der Waals surface area contributed by atoms with E-state index in [4.69, 9.17) is 0 Å². The number of carbonyl (C=O) groups is 3. The highest BCUT2D eigenvalue weighted by Crippen LogP contribution is 2.48. The summed E-state index contributed by atoms with van der Waals surface area (Å²) >= 11 is 0. The van der Waals surface area contributed by atoms with Gasteiger partial charge >= 0.3 is 12.0 Å². The van der Waals surface area contributed by atoms with Crippen molar-refractivity contribution in [2.24, 2.45) is 17.3 Å². The predicted octanol–water partition coefficient (Wildman–Crippen LogP) is 1.19. The Morgan fingerprint density at radius 3 is 2.42 bits per heavy atom. The number of rotatable bonds is 3. The van der Waals surface area contributed by atoms with Crippen LogP contribution in [-0.2, 0) is 9.59 Å². The van der Waals surface area contributed by atoms with Gasteiger partial charge in [-0.1, -0.05) is 6.42 Å². The SMILES string of the molecule is CNC(=O)C1CCC(NC(=O)N2C[C@@H]3CCC[C@@]3(C(=O)O)C2)CC1. The molecule has 0 spiro atoms. The lowest BCUT2D eigenvalue weighted by Crippen LogP contribution is -2.47. The number of carboxylic acids is 1. The summed E-state index contributed by atoms with van der Waals surface area (Å²) < 4.78 is 0. The third kappa shape index (κ3) is 2.96. The van der Waals surface area contributed by atoms with E-state index in [9.17, 15) is 19.5 Å². The quantitative estimate of drug-likeness (QED) is 0.720. The summed E-state index contributed by atoms with van der Waals surface area (Å²) in [4.78, 5) is 37.6. The lowest BCUT2D eigenvalue weighted by atomic mass is 9.81. The van der Waals surface area contributed by atoms with Crippen LogP contribution in [0.15, 0.2) is 0 Å². The Morgan fingerprint density at radius 2 is 1.83 bits per heavy atom. The fourth-order valence-electron chi connectivity index (χ4n) is 4.76. The van der Waals surface area contributed by atoms with Crippen LogP contribution in [0.1, 0.15) is 44.9 Å². The van der Waals surface area contributed by atoms with E-state index in [1.807, 2.05) is 0 Å². The Labute approximate surface area is 142 Å². The molecular formula is C17H27N3O4. The van der Waals surface area contributed by atoms with Crippen molar-refractivity contribution >= 4 is 17.9 Å². The normalized spacial score (nSPS) is 35.4. The number of carbonyl (C=O) groups excluding carboxylic acids is 2. The van der Waals surface area contributed by atoms with Gasteiger partial charge in [-0.15, -0.1) is 0 Å². The maximum absolute atomic E-state index is 12.5. The summed E-state index contributed by atoms with van der Waals surface area (Å²) in [5.74, 6) is -0.545. The van der Waals surface area contributed by atoms with Crippen LogP contribution in [0.4, 0.5) is 4.79 Å². The van der Waals surface area contributed by atoms with E-state index in [0.717, 1.165) is 38.5 Å². The van der Waals surface area contributed by atoms with Gasteiger partial charge in [0.15, 0.2) is 0 Å². The lowest BCUT2D eigenvalue weighted by molar-refractivity contribution is -0.149. The average molecular weight is 337 g/mol. The summed E-state index contributed by atoms with van der Waals surface area (Å²) in [6.45, 7) is 0.873. The monoisotopic (exact) mass is 337 g/mol. The zero-order valence-electron chi connectivity index (χ0n) is 14.2. The summed E-state index contributed by atoms with van der Waals surface area (Å²) in [6.07, 6.45) is 5.67. The minimum Gasteiger partial charge on any atom is -0.481 e. The number of fused-ring (bicyclic) bond motifs is 1. The zero-order chi connectivity index (χ0) is 17.3. The van der Waals surface area contributed by atoms with Gasteiger partial charge in [-0.05, 0) is 44.4 Å². The third-order valence-corrected chi connectivity index (χ3v) is 6.26. The molecule has 1 heterocycles. The van der Waals surface area contributed by atoms with E-state index in [2.05, 4.69) is 10.6 Å². The summed E-state index contributed by atoms with van der Waals surface area (Å²) in [6, 6.07) is -0.0620. The molecule has 134 valence electrons. The first kappa shape index (κ1) is 17.0. The van der Waals surface area contributed by atoms with E-state index in [-0.39, 0.29) is 29.8 Å². The number of urea groups is 1. The number of nitrogens with one attached hydrogen (secondary N) is 2. The van der Waals surface area contributed by atoms with Crippen molar-refractivity contribution in [3.63, 3.8) is 0 Å². The maximum atomic E-state index is 12.5. The van der Waals surface area contributed by atoms with E-state index in [1.165, 1.54) is 0 Å². The lowest BCUT2D eigenvalue weighted by Gasteiger charge is -2.30. The van der Waals surface area contributed by atoms with Gasteiger partial charge in [0.25, 0.3) is 0 Å².